The number of rotatable bonds is 6. The van der Waals surface area contributed by atoms with Gasteiger partial charge in [-0.05, 0) is 55.1 Å². The molecular weight excluding hydrogens is 346 g/mol. The number of nitrogens with one attached hydrogen (secondary N) is 1. The van der Waals surface area contributed by atoms with E-state index in [-0.39, 0.29) is 5.91 Å². The van der Waals surface area contributed by atoms with Crippen LogP contribution in [0.3, 0.4) is 0 Å². The van der Waals surface area contributed by atoms with Gasteiger partial charge in [-0.15, -0.1) is 0 Å². The molecule has 0 spiro atoms. The van der Waals surface area contributed by atoms with Crippen molar-refractivity contribution in [2.75, 3.05) is 13.6 Å². The summed E-state index contributed by atoms with van der Waals surface area (Å²) in [5.41, 5.74) is 3.73. The number of carbonyl (C=O) groups excluding carboxylic acids is 1. The predicted octanol–water partition coefficient (Wildman–Crippen LogP) is 4.27. The monoisotopic (exact) mass is 367 g/mol. The van der Waals surface area contributed by atoms with Gasteiger partial charge >= 0.3 is 0 Å². The van der Waals surface area contributed by atoms with Gasteiger partial charge in [0.1, 0.15) is 5.15 Å². The van der Waals surface area contributed by atoms with Crippen molar-refractivity contribution in [1.29, 1.82) is 0 Å². The van der Waals surface area contributed by atoms with E-state index < -0.39 is 0 Å². The number of fused-ring (bicyclic) bond motifs is 1. The predicted molar refractivity (Wildman–Crippen MR) is 106 cm³/mol. The number of hydrogen-bond donors (Lipinski definition) is 1. The van der Waals surface area contributed by atoms with Gasteiger partial charge in [-0.2, -0.15) is 0 Å². The molecule has 0 atom stereocenters. The molecule has 4 nitrogen and oxygen atoms in total. The summed E-state index contributed by atoms with van der Waals surface area (Å²) in [7, 11) is 2.09. The Balaban J connectivity index is 1.67. The van der Waals surface area contributed by atoms with Gasteiger partial charge in [-0.1, -0.05) is 42.8 Å². The third-order valence-corrected chi connectivity index (χ3v) is 4.56. The number of halogens is 1. The number of amides is 1. The van der Waals surface area contributed by atoms with Crippen LogP contribution >= 0.6 is 11.6 Å². The van der Waals surface area contributed by atoms with Crippen LogP contribution in [-0.4, -0.2) is 29.4 Å². The van der Waals surface area contributed by atoms with Crippen LogP contribution in [-0.2, 0) is 13.1 Å². The van der Waals surface area contributed by atoms with Crippen molar-refractivity contribution in [3.63, 3.8) is 0 Å². The first-order chi connectivity index (χ1) is 12.5. The van der Waals surface area contributed by atoms with Crippen molar-refractivity contribution in [2.24, 2.45) is 0 Å². The summed E-state index contributed by atoms with van der Waals surface area (Å²) in [5.74, 6) is -0.0991. The maximum Gasteiger partial charge on any atom is 0.251 e. The lowest BCUT2D eigenvalue weighted by Gasteiger charge is -2.14. The molecule has 0 aliphatic rings. The number of carbonyl (C=O) groups is 1. The van der Waals surface area contributed by atoms with E-state index in [4.69, 9.17) is 11.6 Å². The van der Waals surface area contributed by atoms with Crippen LogP contribution in [0.15, 0.2) is 54.6 Å². The Morgan fingerprint density at radius 2 is 1.92 bits per heavy atom. The van der Waals surface area contributed by atoms with Crippen LogP contribution in [0.25, 0.3) is 10.9 Å². The van der Waals surface area contributed by atoms with Crippen molar-refractivity contribution in [1.82, 2.24) is 15.2 Å². The number of hydrogen-bond acceptors (Lipinski definition) is 3. The van der Waals surface area contributed by atoms with E-state index in [9.17, 15) is 4.79 Å². The molecule has 0 aliphatic carbocycles. The van der Waals surface area contributed by atoms with Gasteiger partial charge in [0.15, 0.2) is 0 Å². The van der Waals surface area contributed by atoms with E-state index in [1.807, 2.05) is 30.3 Å². The molecule has 1 amide bonds. The molecule has 1 heterocycles. The number of pyridine rings is 1. The molecular formula is C21H22ClN3O. The zero-order valence-electron chi connectivity index (χ0n) is 15.0. The molecule has 0 bridgehead atoms. The standard InChI is InChI=1S/C21H22ClN3O/c1-3-25(2)14-16-6-4-5-15(11-16)13-23-21(26)18-7-9-19-17(12-18)8-10-20(22)24-19/h4-12H,3,13-14H2,1-2H3,(H,23,26). The molecule has 3 rings (SSSR count). The van der Waals surface area contributed by atoms with Gasteiger partial charge in [-0.3, -0.25) is 4.79 Å². The maximum absolute atomic E-state index is 12.5. The summed E-state index contributed by atoms with van der Waals surface area (Å²) in [6.07, 6.45) is 0. The number of benzene rings is 2. The summed E-state index contributed by atoms with van der Waals surface area (Å²) in [6.45, 7) is 4.54. The van der Waals surface area contributed by atoms with Crippen LogP contribution in [0.5, 0.6) is 0 Å². The van der Waals surface area contributed by atoms with Gasteiger partial charge in [0, 0.05) is 24.0 Å². The van der Waals surface area contributed by atoms with E-state index in [2.05, 4.69) is 41.3 Å². The fraction of sp³-hybridized carbons (Fsp3) is 0.238. The summed E-state index contributed by atoms with van der Waals surface area (Å²) >= 11 is 5.90. The average Bonchev–Trinajstić information content (AvgIpc) is 2.65. The van der Waals surface area contributed by atoms with Gasteiger partial charge in [-0.25, -0.2) is 4.98 Å². The first-order valence-electron chi connectivity index (χ1n) is 8.66. The van der Waals surface area contributed by atoms with E-state index in [1.54, 1.807) is 12.1 Å². The Bertz CT molecular complexity index is 926. The molecule has 0 unspecified atom stereocenters. The van der Waals surface area contributed by atoms with E-state index >= 15 is 0 Å². The molecule has 3 aromatic rings. The second-order valence-corrected chi connectivity index (χ2v) is 6.76. The van der Waals surface area contributed by atoms with Crippen molar-refractivity contribution < 1.29 is 4.79 Å². The first-order valence-corrected chi connectivity index (χ1v) is 9.04. The summed E-state index contributed by atoms with van der Waals surface area (Å²) in [4.78, 5) is 19.0. The molecule has 26 heavy (non-hydrogen) atoms. The lowest BCUT2D eigenvalue weighted by Crippen LogP contribution is -2.23. The van der Waals surface area contributed by atoms with Crippen LogP contribution in [0.4, 0.5) is 0 Å². The molecule has 0 fully saturated rings. The summed E-state index contributed by atoms with van der Waals surface area (Å²) in [5, 5.41) is 4.33. The molecule has 134 valence electrons. The molecule has 2 aromatic carbocycles. The molecule has 1 aromatic heterocycles. The third kappa shape index (κ3) is 4.59. The summed E-state index contributed by atoms with van der Waals surface area (Å²) < 4.78 is 0. The van der Waals surface area contributed by atoms with Gasteiger partial charge < -0.3 is 10.2 Å². The Labute approximate surface area is 158 Å². The highest BCUT2D eigenvalue weighted by Gasteiger charge is 2.08. The highest BCUT2D eigenvalue weighted by atomic mass is 35.5. The Morgan fingerprint density at radius 1 is 1.12 bits per heavy atom. The SMILES string of the molecule is CCN(C)Cc1cccc(CNC(=O)c2ccc3nc(Cl)ccc3c2)c1. The van der Waals surface area contributed by atoms with Gasteiger partial charge in [0.25, 0.3) is 5.91 Å². The largest absolute Gasteiger partial charge is 0.348 e. The van der Waals surface area contributed by atoms with Crippen LogP contribution in [0, 0.1) is 0 Å². The molecule has 0 saturated carbocycles. The second kappa shape index (κ2) is 8.30. The van der Waals surface area contributed by atoms with E-state index in [0.29, 0.717) is 17.3 Å². The summed E-state index contributed by atoms with van der Waals surface area (Å²) in [6, 6.07) is 17.3. The minimum atomic E-state index is -0.0991. The highest BCUT2D eigenvalue weighted by Crippen LogP contribution is 2.17. The highest BCUT2D eigenvalue weighted by molar-refractivity contribution is 6.29. The van der Waals surface area contributed by atoms with Crippen LogP contribution < -0.4 is 5.32 Å². The zero-order valence-corrected chi connectivity index (χ0v) is 15.8. The van der Waals surface area contributed by atoms with Crippen LogP contribution in [0.2, 0.25) is 5.15 Å². The fourth-order valence-electron chi connectivity index (χ4n) is 2.79. The molecule has 0 aliphatic heterocycles. The topological polar surface area (TPSA) is 45.2 Å². The quantitative estimate of drug-likeness (QED) is 0.662. The van der Waals surface area contributed by atoms with Crippen molar-refractivity contribution in [2.45, 2.75) is 20.0 Å². The molecule has 0 saturated heterocycles. The van der Waals surface area contributed by atoms with Crippen LogP contribution in [0.1, 0.15) is 28.4 Å². The van der Waals surface area contributed by atoms with E-state index in [0.717, 1.165) is 29.6 Å². The fourth-order valence-corrected chi connectivity index (χ4v) is 2.94. The average molecular weight is 368 g/mol. The minimum Gasteiger partial charge on any atom is -0.348 e. The lowest BCUT2D eigenvalue weighted by molar-refractivity contribution is 0.0951. The Hall–Kier alpha value is -2.43. The normalized spacial score (nSPS) is 11.1. The van der Waals surface area contributed by atoms with Gasteiger partial charge in [0.2, 0.25) is 0 Å². The second-order valence-electron chi connectivity index (χ2n) is 6.37. The number of nitrogens with zero attached hydrogens (tertiary/aromatic N) is 2. The smallest absolute Gasteiger partial charge is 0.251 e. The van der Waals surface area contributed by atoms with Crippen molar-refractivity contribution in [3.8, 4) is 0 Å². The lowest BCUT2D eigenvalue weighted by atomic mass is 10.1. The van der Waals surface area contributed by atoms with Crippen molar-refractivity contribution in [3.05, 3.63) is 76.4 Å². The third-order valence-electron chi connectivity index (χ3n) is 4.35. The minimum absolute atomic E-state index is 0.0991. The van der Waals surface area contributed by atoms with Gasteiger partial charge in [0.05, 0.1) is 5.52 Å². The Kier molecular flexibility index (Phi) is 5.86. The molecule has 1 N–H and O–H groups in total. The maximum atomic E-state index is 12.5. The Morgan fingerprint density at radius 3 is 2.73 bits per heavy atom. The molecule has 5 heteroatoms. The van der Waals surface area contributed by atoms with E-state index in [1.165, 1.54) is 5.56 Å². The van der Waals surface area contributed by atoms with Crippen molar-refractivity contribution >= 4 is 28.4 Å². The molecule has 0 radical (unpaired) electrons. The number of aromatic nitrogens is 1. The first kappa shape index (κ1) is 18.4. The zero-order chi connectivity index (χ0) is 18.5.